The van der Waals surface area contributed by atoms with Gasteiger partial charge >= 0.3 is 0 Å². The quantitative estimate of drug-likeness (QED) is 0.905. The molecular weight excluding hydrogens is 304 g/mol. The zero-order valence-electron chi connectivity index (χ0n) is 10.8. The minimum Gasteiger partial charge on any atom is -0.330 e. The summed E-state index contributed by atoms with van der Waals surface area (Å²) in [5.41, 5.74) is 6.44. The van der Waals surface area contributed by atoms with Crippen LogP contribution in [0, 0.1) is 5.92 Å². The molecule has 1 unspecified atom stereocenters. The van der Waals surface area contributed by atoms with Gasteiger partial charge in [-0.3, -0.25) is 4.79 Å². The number of fused-ring (bicyclic) bond motifs is 1. The number of rotatable bonds is 4. The molecule has 0 aliphatic carbocycles. The average molecular weight is 321 g/mol. The number of hydrogen-bond donors (Lipinski definition) is 2. The smallest absolute Gasteiger partial charge is 0.228 e. The predicted octanol–water partition coefficient (Wildman–Crippen LogP) is 3.53. The van der Waals surface area contributed by atoms with Crippen LogP contribution in [-0.2, 0) is 4.79 Å². The van der Waals surface area contributed by atoms with Gasteiger partial charge in [0, 0.05) is 22.1 Å². The largest absolute Gasteiger partial charge is 0.330 e. The van der Waals surface area contributed by atoms with Gasteiger partial charge in [-0.15, -0.1) is 0 Å². The number of carbonyl (C=O) groups is 1. The Morgan fingerprint density at radius 3 is 2.58 bits per heavy atom. The highest BCUT2D eigenvalue weighted by Crippen LogP contribution is 2.30. The number of benzene rings is 2. The van der Waals surface area contributed by atoms with Gasteiger partial charge in [-0.2, -0.15) is 0 Å². The van der Waals surface area contributed by atoms with E-state index in [-0.39, 0.29) is 11.8 Å². The van der Waals surface area contributed by atoms with Crippen LogP contribution in [0.5, 0.6) is 0 Å². The van der Waals surface area contributed by atoms with E-state index in [1.54, 1.807) is 0 Å². The van der Waals surface area contributed by atoms with Crippen LogP contribution in [-0.4, -0.2) is 12.5 Å². The Morgan fingerprint density at radius 1 is 1.26 bits per heavy atom. The molecule has 2 aromatic rings. The van der Waals surface area contributed by atoms with Gasteiger partial charge in [0.15, 0.2) is 0 Å². The summed E-state index contributed by atoms with van der Waals surface area (Å²) in [4.78, 5) is 12.1. The predicted molar refractivity (Wildman–Crippen MR) is 83.1 cm³/mol. The van der Waals surface area contributed by atoms with E-state index in [0.717, 1.165) is 27.4 Å². The van der Waals surface area contributed by atoms with Crippen LogP contribution in [0.25, 0.3) is 10.8 Å². The van der Waals surface area contributed by atoms with Crippen molar-refractivity contribution >= 4 is 38.3 Å². The number of halogens is 1. The van der Waals surface area contributed by atoms with Crippen LogP contribution in [0.4, 0.5) is 5.69 Å². The number of hydrogen-bond acceptors (Lipinski definition) is 2. The van der Waals surface area contributed by atoms with E-state index in [1.807, 2.05) is 43.3 Å². The first-order valence-corrected chi connectivity index (χ1v) is 7.14. The Morgan fingerprint density at radius 2 is 1.95 bits per heavy atom. The fraction of sp³-hybridized carbons (Fsp3) is 0.267. The van der Waals surface area contributed by atoms with Crippen LogP contribution in [0.2, 0.25) is 0 Å². The zero-order chi connectivity index (χ0) is 13.8. The van der Waals surface area contributed by atoms with Gasteiger partial charge in [0.1, 0.15) is 0 Å². The molecule has 3 nitrogen and oxygen atoms in total. The number of nitrogens with two attached hydrogens (primary N) is 1. The molecule has 100 valence electrons. The Hall–Kier alpha value is -1.39. The van der Waals surface area contributed by atoms with Crippen LogP contribution < -0.4 is 11.1 Å². The average Bonchev–Trinajstić information content (AvgIpc) is 2.44. The molecule has 0 aliphatic rings. The molecule has 0 aliphatic heterocycles. The van der Waals surface area contributed by atoms with Gasteiger partial charge < -0.3 is 11.1 Å². The first kappa shape index (κ1) is 14.0. The number of nitrogens with one attached hydrogen (secondary N) is 1. The van der Waals surface area contributed by atoms with E-state index >= 15 is 0 Å². The molecule has 1 atom stereocenters. The summed E-state index contributed by atoms with van der Waals surface area (Å²) in [6.45, 7) is 2.34. The molecular formula is C15H17BrN2O. The lowest BCUT2D eigenvalue weighted by atomic mass is 10.0. The lowest BCUT2D eigenvalue weighted by molar-refractivity contribution is -0.119. The van der Waals surface area contributed by atoms with Gasteiger partial charge in [0.2, 0.25) is 5.91 Å². The van der Waals surface area contributed by atoms with Crippen molar-refractivity contribution in [1.82, 2.24) is 0 Å². The van der Waals surface area contributed by atoms with Gasteiger partial charge in [0.25, 0.3) is 0 Å². The molecule has 0 fully saturated rings. The van der Waals surface area contributed by atoms with E-state index < -0.39 is 0 Å². The lowest BCUT2D eigenvalue weighted by Crippen LogP contribution is -2.28. The summed E-state index contributed by atoms with van der Waals surface area (Å²) < 4.78 is 1.02. The van der Waals surface area contributed by atoms with E-state index in [2.05, 4.69) is 21.2 Å². The molecule has 0 radical (unpaired) electrons. The second kappa shape index (κ2) is 6.17. The molecule has 0 saturated heterocycles. The number of anilines is 1. The highest BCUT2D eigenvalue weighted by atomic mass is 79.9. The molecule has 0 bridgehead atoms. The summed E-state index contributed by atoms with van der Waals surface area (Å²) >= 11 is 3.52. The highest BCUT2D eigenvalue weighted by Gasteiger charge is 2.15. The third-order valence-corrected chi connectivity index (χ3v) is 3.97. The topological polar surface area (TPSA) is 55.1 Å². The van der Waals surface area contributed by atoms with Gasteiger partial charge in [-0.05, 0) is 23.9 Å². The van der Waals surface area contributed by atoms with Gasteiger partial charge in [-0.25, -0.2) is 0 Å². The Balaban J connectivity index is 2.36. The van der Waals surface area contributed by atoms with E-state index in [0.29, 0.717) is 6.54 Å². The van der Waals surface area contributed by atoms with Gasteiger partial charge in [-0.1, -0.05) is 47.1 Å². The lowest BCUT2D eigenvalue weighted by Gasteiger charge is -2.14. The van der Waals surface area contributed by atoms with Crippen molar-refractivity contribution in [2.24, 2.45) is 11.7 Å². The van der Waals surface area contributed by atoms with E-state index in [4.69, 9.17) is 5.73 Å². The summed E-state index contributed by atoms with van der Waals surface area (Å²) in [7, 11) is 0. The minimum atomic E-state index is -0.137. The minimum absolute atomic E-state index is 0.0162. The first-order valence-electron chi connectivity index (χ1n) is 6.35. The molecule has 3 N–H and O–H groups in total. The van der Waals surface area contributed by atoms with Crippen molar-refractivity contribution in [3.8, 4) is 0 Å². The molecule has 0 heterocycles. The molecule has 2 rings (SSSR count). The van der Waals surface area contributed by atoms with Gasteiger partial charge in [0.05, 0.1) is 5.92 Å². The molecule has 4 heteroatoms. The Labute approximate surface area is 121 Å². The maximum Gasteiger partial charge on any atom is 0.228 e. The summed E-state index contributed by atoms with van der Waals surface area (Å²) in [6.07, 6.45) is 0.747. The van der Waals surface area contributed by atoms with Crippen LogP contribution in [0.3, 0.4) is 0 Å². The standard InChI is InChI=1S/C15H17BrN2O/c1-2-10(9-17)15(19)18-14-8-7-13(16)11-5-3-4-6-12(11)14/h3-8,10H,2,9,17H2,1H3,(H,18,19). The van der Waals surface area contributed by atoms with Crippen molar-refractivity contribution in [2.45, 2.75) is 13.3 Å². The summed E-state index contributed by atoms with van der Waals surface area (Å²) in [6, 6.07) is 11.8. The second-order valence-corrected chi connectivity index (χ2v) is 5.32. The molecule has 0 saturated carbocycles. The van der Waals surface area contributed by atoms with E-state index in [1.165, 1.54) is 0 Å². The third-order valence-electron chi connectivity index (χ3n) is 3.28. The summed E-state index contributed by atoms with van der Waals surface area (Å²) in [5.74, 6) is -0.153. The van der Waals surface area contributed by atoms with Crippen molar-refractivity contribution in [3.05, 3.63) is 40.9 Å². The Bertz CT molecular complexity index is 594. The molecule has 0 spiro atoms. The van der Waals surface area contributed by atoms with Crippen molar-refractivity contribution in [3.63, 3.8) is 0 Å². The molecule has 19 heavy (non-hydrogen) atoms. The normalized spacial score (nSPS) is 12.4. The first-order chi connectivity index (χ1) is 9.17. The maximum absolute atomic E-state index is 12.1. The molecule has 0 aromatic heterocycles. The van der Waals surface area contributed by atoms with Crippen molar-refractivity contribution in [2.75, 3.05) is 11.9 Å². The monoisotopic (exact) mass is 320 g/mol. The number of carbonyl (C=O) groups excluding carboxylic acids is 1. The summed E-state index contributed by atoms with van der Waals surface area (Å²) in [5, 5.41) is 5.08. The van der Waals surface area contributed by atoms with Crippen LogP contribution >= 0.6 is 15.9 Å². The fourth-order valence-corrected chi connectivity index (χ4v) is 2.54. The maximum atomic E-state index is 12.1. The zero-order valence-corrected chi connectivity index (χ0v) is 12.4. The van der Waals surface area contributed by atoms with E-state index in [9.17, 15) is 4.79 Å². The fourth-order valence-electron chi connectivity index (χ4n) is 2.07. The van der Waals surface area contributed by atoms with Crippen LogP contribution in [0.1, 0.15) is 13.3 Å². The SMILES string of the molecule is CCC(CN)C(=O)Nc1ccc(Br)c2ccccc12. The molecule has 1 amide bonds. The van der Waals surface area contributed by atoms with Crippen molar-refractivity contribution in [1.29, 1.82) is 0 Å². The highest BCUT2D eigenvalue weighted by molar-refractivity contribution is 9.10. The Kier molecular flexibility index (Phi) is 4.56. The number of amides is 1. The van der Waals surface area contributed by atoms with Crippen LogP contribution in [0.15, 0.2) is 40.9 Å². The van der Waals surface area contributed by atoms with Crippen molar-refractivity contribution < 1.29 is 4.79 Å². The molecule has 2 aromatic carbocycles. The second-order valence-electron chi connectivity index (χ2n) is 4.47. The third kappa shape index (κ3) is 2.96.